The molecule has 4 unspecified atom stereocenters. The van der Waals surface area contributed by atoms with E-state index in [1.165, 1.54) is 18.4 Å². The summed E-state index contributed by atoms with van der Waals surface area (Å²) in [6.45, 7) is 11.8. The number of hydrogen-bond acceptors (Lipinski definition) is 1. The molecule has 0 spiro atoms. The molecule has 3 aliphatic carbocycles. The first-order valence-electron chi connectivity index (χ1n) is 9.09. The molecule has 4 atom stereocenters. The number of carbonyl (C=O) groups excluding carboxylic acids is 1. The van der Waals surface area contributed by atoms with Crippen LogP contribution in [0.3, 0.4) is 0 Å². The van der Waals surface area contributed by atoms with Gasteiger partial charge in [-0.2, -0.15) is 0 Å². The molecular formula is C21H30O. The summed E-state index contributed by atoms with van der Waals surface area (Å²) in [6.07, 6.45) is 9.81. The van der Waals surface area contributed by atoms with Crippen molar-refractivity contribution in [3.63, 3.8) is 0 Å². The number of ketones is 1. The van der Waals surface area contributed by atoms with Crippen molar-refractivity contribution in [3.05, 3.63) is 34.4 Å². The first kappa shape index (κ1) is 15.8. The van der Waals surface area contributed by atoms with E-state index in [4.69, 9.17) is 0 Å². The molecule has 0 radical (unpaired) electrons. The average Bonchev–Trinajstić information content (AvgIpc) is 2.49. The second kappa shape index (κ2) is 5.51. The molecule has 0 aromatic heterocycles. The van der Waals surface area contributed by atoms with Crippen molar-refractivity contribution >= 4 is 5.78 Å². The maximum absolute atomic E-state index is 12.0. The Morgan fingerprint density at radius 1 is 1.23 bits per heavy atom. The molecule has 22 heavy (non-hydrogen) atoms. The van der Waals surface area contributed by atoms with Gasteiger partial charge in [-0.05, 0) is 60.7 Å². The summed E-state index contributed by atoms with van der Waals surface area (Å²) < 4.78 is 0. The van der Waals surface area contributed by atoms with Crippen LogP contribution in [0.1, 0.15) is 66.7 Å². The SMILES string of the molecule is CC/C=C1/C2=C(CCC1C)C1(C)CCC(=O)C=C1C(C)C2C. The van der Waals surface area contributed by atoms with Gasteiger partial charge in [-0.15, -0.1) is 0 Å². The smallest absolute Gasteiger partial charge is 0.155 e. The van der Waals surface area contributed by atoms with Gasteiger partial charge in [-0.1, -0.05) is 51.8 Å². The highest BCUT2D eigenvalue weighted by molar-refractivity contribution is 5.92. The molecule has 0 saturated heterocycles. The highest BCUT2D eigenvalue weighted by Crippen LogP contribution is 2.59. The van der Waals surface area contributed by atoms with Crippen LogP contribution in [0.15, 0.2) is 34.4 Å². The maximum Gasteiger partial charge on any atom is 0.155 e. The van der Waals surface area contributed by atoms with Crippen LogP contribution >= 0.6 is 0 Å². The Morgan fingerprint density at radius 2 is 1.95 bits per heavy atom. The number of allylic oxidation sites excluding steroid dienone is 6. The van der Waals surface area contributed by atoms with Gasteiger partial charge in [0.05, 0.1) is 0 Å². The lowest BCUT2D eigenvalue weighted by Gasteiger charge is -2.51. The minimum atomic E-state index is 0.141. The summed E-state index contributed by atoms with van der Waals surface area (Å²) >= 11 is 0. The van der Waals surface area contributed by atoms with Crippen molar-refractivity contribution in [3.8, 4) is 0 Å². The molecule has 1 nitrogen and oxygen atoms in total. The average molecular weight is 298 g/mol. The number of rotatable bonds is 1. The lowest BCUT2D eigenvalue weighted by Crippen LogP contribution is -2.40. The lowest BCUT2D eigenvalue weighted by molar-refractivity contribution is -0.115. The Bertz CT molecular complexity index is 589. The molecule has 0 heterocycles. The van der Waals surface area contributed by atoms with E-state index in [2.05, 4.69) is 40.7 Å². The Hall–Kier alpha value is -1.11. The molecule has 0 aromatic carbocycles. The van der Waals surface area contributed by atoms with Crippen LogP contribution < -0.4 is 0 Å². The van der Waals surface area contributed by atoms with Crippen molar-refractivity contribution in [1.29, 1.82) is 0 Å². The van der Waals surface area contributed by atoms with Crippen molar-refractivity contribution in [1.82, 2.24) is 0 Å². The van der Waals surface area contributed by atoms with Crippen molar-refractivity contribution < 1.29 is 4.79 Å². The van der Waals surface area contributed by atoms with Crippen LogP contribution in [0, 0.1) is 23.2 Å². The molecule has 0 bridgehead atoms. The Kier molecular flexibility index (Phi) is 3.95. The lowest BCUT2D eigenvalue weighted by atomic mass is 9.53. The van der Waals surface area contributed by atoms with E-state index in [1.807, 2.05) is 6.08 Å². The molecule has 0 aromatic rings. The Labute approximate surface area is 135 Å². The van der Waals surface area contributed by atoms with Crippen molar-refractivity contribution in [2.75, 3.05) is 0 Å². The molecule has 0 fully saturated rings. The monoisotopic (exact) mass is 298 g/mol. The summed E-state index contributed by atoms with van der Waals surface area (Å²) in [6, 6.07) is 0. The fraction of sp³-hybridized carbons (Fsp3) is 0.667. The first-order chi connectivity index (χ1) is 10.4. The van der Waals surface area contributed by atoms with E-state index >= 15 is 0 Å². The second-order valence-corrected chi connectivity index (χ2v) is 7.88. The highest BCUT2D eigenvalue weighted by Gasteiger charge is 2.47. The zero-order valence-corrected chi connectivity index (χ0v) is 14.8. The fourth-order valence-corrected chi connectivity index (χ4v) is 5.13. The first-order valence-corrected chi connectivity index (χ1v) is 9.09. The van der Waals surface area contributed by atoms with Crippen molar-refractivity contribution in [2.24, 2.45) is 23.2 Å². The predicted octanol–water partition coefficient (Wildman–Crippen LogP) is 5.63. The van der Waals surface area contributed by atoms with Crippen LogP contribution in [0.4, 0.5) is 0 Å². The minimum Gasteiger partial charge on any atom is -0.295 e. The van der Waals surface area contributed by atoms with Gasteiger partial charge in [0, 0.05) is 11.8 Å². The summed E-state index contributed by atoms with van der Waals surface area (Å²) in [5.41, 5.74) is 6.49. The summed E-state index contributed by atoms with van der Waals surface area (Å²) in [5, 5.41) is 0. The van der Waals surface area contributed by atoms with Gasteiger partial charge in [0.25, 0.3) is 0 Å². The molecule has 0 amide bonds. The normalized spacial score (nSPS) is 40.4. The Morgan fingerprint density at radius 3 is 2.64 bits per heavy atom. The van der Waals surface area contributed by atoms with Gasteiger partial charge < -0.3 is 0 Å². The second-order valence-electron chi connectivity index (χ2n) is 7.88. The zero-order valence-electron chi connectivity index (χ0n) is 14.8. The highest BCUT2D eigenvalue weighted by atomic mass is 16.1. The van der Waals surface area contributed by atoms with Crippen LogP contribution in [0.25, 0.3) is 0 Å². The van der Waals surface area contributed by atoms with Crippen LogP contribution in [0.5, 0.6) is 0 Å². The van der Waals surface area contributed by atoms with Gasteiger partial charge in [0.2, 0.25) is 0 Å². The standard InChI is InChI=1S/C21H30O/c1-6-7-17-13(2)8-9-18-20(17)15(4)14(3)19-12-16(22)10-11-21(18,19)5/h7,12-15H,6,8-11H2,1-5H3/b17-7+. The molecule has 0 aliphatic heterocycles. The topological polar surface area (TPSA) is 17.1 Å². The molecular weight excluding hydrogens is 268 g/mol. The van der Waals surface area contributed by atoms with Gasteiger partial charge in [0.1, 0.15) is 0 Å². The van der Waals surface area contributed by atoms with Crippen molar-refractivity contribution in [2.45, 2.75) is 66.7 Å². The van der Waals surface area contributed by atoms with Gasteiger partial charge in [0.15, 0.2) is 5.78 Å². The van der Waals surface area contributed by atoms with Gasteiger partial charge in [-0.25, -0.2) is 0 Å². The summed E-state index contributed by atoms with van der Waals surface area (Å²) in [4.78, 5) is 12.0. The molecule has 0 saturated carbocycles. The van der Waals surface area contributed by atoms with E-state index in [1.54, 1.807) is 16.7 Å². The van der Waals surface area contributed by atoms with Crippen LogP contribution in [-0.4, -0.2) is 5.78 Å². The van der Waals surface area contributed by atoms with E-state index in [0.29, 0.717) is 23.5 Å². The molecule has 3 aliphatic rings. The number of hydrogen-bond donors (Lipinski definition) is 0. The van der Waals surface area contributed by atoms with E-state index in [9.17, 15) is 4.79 Å². The van der Waals surface area contributed by atoms with E-state index < -0.39 is 0 Å². The third kappa shape index (κ3) is 2.16. The third-order valence-corrected chi connectivity index (χ3v) is 6.61. The molecule has 3 rings (SSSR count). The predicted molar refractivity (Wildman–Crippen MR) is 92.6 cm³/mol. The fourth-order valence-electron chi connectivity index (χ4n) is 5.13. The van der Waals surface area contributed by atoms with E-state index in [-0.39, 0.29) is 5.41 Å². The number of fused-ring (bicyclic) bond motifs is 2. The summed E-state index contributed by atoms with van der Waals surface area (Å²) in [7, 11) is 0. The largest absolute Gasteiger partial charge is 0.295 e. The van der Waals surface area contributed by atoms with Crippen LogP contribution in [-0.2, 0) is 4.79 Å². The number of carbonyl (C=O) groups is 1. The van der Waals surface area contributed by atoms with Crippen LogP contribution in [0.2, 0.25) is 0 Å². The molecule has 1 heteroatoms. The van der Waals surface area contributed by atoms with Gasteiger partial charge >= 0.3 is 0 Å². The quantitative estimate of drug-likeness (QED) is 0.613. The minimum absolute atomic E-state index is 0.141. The summed E-state index contributed by atoms with van der Waals surface area (Å²) in [5.74, 6) is 2.05. The zero-order chi connectivity index (χ0) is 16.1. The third-order valence-electron chi connectivity index (χ3n) is 6.61. The van der Waals surface area contributed by atoms with E-state index in [0.717, 1.165) is 19.3 Å². The maximum atomic E-state index is 12.0. The Balaban J connectivity index is 2.21. The molecule has 120 valence electrons. The molecule has 0 N–H and O–H groups in total. The van der Waals surface area contributed by atoms with Gasteiger partial charge in [-0.3, -0.25) is 4.79 Å².